The summed E-state index contributed by atoms with van der Waals surface area (Å²) in [6.45, 7) is 12.9. The van der Waals surface area contributed by atoms with E-state index in [2.05, 4.69) is 65.8 Å². The lowest BCUT2D eigenvalue weighted by atomic mass is 9.92. The predicted octanol–water partition coefficient (Wildman–Crippen LogP) is 5.67. The third kappa shape index (κ3) is 4.56. The fourth-order valence-electron chi connectivity index (χ4n) is 3.86. The quantitative estimate of drug-likeness (QED) is 0.669. The Labute approximate surface area is 147 Å². The van der Waals surface area contributed by atoms with Crippen molar-refractivity contribution in [1.29, 1.82) is 0 Å². The molecular formula is C23H30O. The molecule has 2 rings (SSSR count). The summed E-state index contributed by atoms with van der Waals surface area (Å²) < 4.78 is 0. The van der Waals surface area contributed by atoms with Gasteiger partial charge in [0.25, 0.3) is 0 Å². The van der Waals surface area contributed by atoms with Gasteiger partial charge in [0.05, 0.1) is 0 Å². The molecule has 2 aromatic rings. The maximum absolute atomic E-state index is 12.4. The Hall–Kier alpha value is -1.89. The van der Waals surface area contributed by atoms with Crippen LogP contribution in [0.15, 0.2) is 24.3 Å². The number of rotatable bonds is 6. The first kappa shape index (κ1) is 18.4. The lowest BCUT2D eigenvalue weighted by molar-refractivity contribution is -0.119. The van der Waals surface area contributed by atoms with Gasteiger partial charge in [-0.1, -0.05) is 35.4 Å². The van der Waals surface area contributed by atoms with Crippen molar-refractivity contribution in [3.05, 3.63) is 68.8 Å². The first-order chi connectivity index (χ1) is 11.3. The van der Waals surface area contributed by atoms with Crippen LogP contribution >= 0.6 is 0 Å². The summed E-state index contributed by atoms with van der Waals surface area (Å²) >= 11 is 0. The lowest BCUT2D eigenvalue weighted by Gasteiger charge is -2.12. The zero-order valence-corrected chi connectivity index (χ0v) is 16.0. The maximum atomic E-state index is 12.4. The van der Waals surface area contributed by atoms with Crippen molar-refractivity contribution in [2.75, 3.05) is 0 Å². The van der Waals surface area contributed by atoms with Gasteiger partial charge in [0.2, 0.25) is 0 Å². The van der Waals surface area contributed by atoms with Crippen molar-refractivity contribution in [3.8, 4) is 0 Å². The Morgan fingerprint density at radius 2 is 0.917 bits per heavy atom. The fourth-order valence-corrected chi connectivity index (χ4v) is 3.86. The van der Waals surface area contributed by atoms with Gasteiger partial charge in [-0.05, 0) is 87.8 Å². The molecule has 1 heteroatoms. The van der Waals surface area contributed by atoms with E-state index >= 15 is 0 Å². The molecule has 1 nitrogen and oxygen atoms in total. The summed E-state index contributed by atoms with van der Waals surface area (Å²) in [6.07, 6.45) is 3.02. The SMILES string of the molecule is Cc1cc(C)c(CCC(=O)CCc2c(C)cc(C)cc2C)c(C)c1. The predicted molar refractivity (Wildman–Crippen MR) is 103 cm³/mol. The Morgan fingerprint density at radius 1 is 0.625 bits per heavy atom. The topological polar surface area (TPSA) is 17.1 Å². The molecule has 0 fully saturated rings. The average Bonchev–Trinajstić information content (AvgIpc) is 2.44. The van der Waals surface area contributed by atoms with Crippen molar-refractivity contribution >= 4 is 5.78 Å². The van der Waals surface area contributed by atoms with Gasteiger partial charge in [-0.15, -0.1) is 0 Å². The van der Waals surface area contributed by atoms with E-state index in [0.717, 1.165) is 12.8 Å². The molecule has 128 valence electrons. The Morgan fingerprint density at radius 3 is 1.21 bits per heavy atom. The molecule has 0 bridgehead atoms. The van der Waals surface area contributed by atoms with Crippen molar-refractivity contribution < 1.29 is 4.79 Å². The van der Waals surface area contributed by atoms with Crippen LogP contribution < -0.4 is 0 Å². The summed E-state index contributed by atoms with van der Waals surface area (Å²) in [5.41, 5.74) is 10.5. The van der Waals surface area contributed by atoms with Gasteiger partial charge in [-0.2, -0.15) is 0 Å². The van der Waals surface area contributed by atoms with Crippen LogP contribution in [-0.2, 0) is 17.6 Å². The number of ketones is 1. The van der Waals surface area contributed by atoms with E-state index in [0.29, 0.717) is 18.6 Å². The molecule has 0 heterocycles. The zero-order chi connectivity index (χ0) is 17.9. The van der Waals surface area contributed by atoms with E-state index in [4.69, 9.17) is 0 Å². The molecule has 0 amide bonds. The average molecular weight is 322 g/mol. The highest BCUT2D eigenvalue weighted by Gasteiger charge is 2.10. The van der Waals surface area contributed by atoms with Crippen LogP contribution in [0.5, 0.6) is 0 Å². The normalized spacial score (nSPS) is 10.9. The van der Waals surface area contributed by atoms with Crippen LogP contribution in [0.4, 0.5) is 0 Å². The summed E-state index contributed by atoms with van der Waals surface area (Å²) in [6, 6.07) is 8.86. The number of carbonyl (C=O) groups is 1. The van der Waals surface area contributed by atoms with E-state index in [1.807, 2.05) is 0 Å². The second-order valence-electron chi connectivity index (χ2n) is 7.29. The molecule has 0 unspecified atom stereocenters. The van der Waals surface area contributed by atoms with Gasteiger partial charge >= 0.3 is 0 Å². The van der Waals surface area contributed by atoms with Gasteiger partial charge in [0, 0.05) is 12.8 Å². The molecule has 0 atom stereocenters. The number of benzene rings is 2. The Balaban J connectivity index is 1.96. The number of aryl methyl sites for hydroxylation is 6. The summed E-state index contributed by atoms with van der Waals surface area (Å²) in [4.78, 5) is 12.4. The summed E-state index contributed by atoms with van der Waals surface area (Å²) in [7, 11) is 0. The minimum Gasteiger partial charge on any atom is -0.300 e. The summed E-state index contributed by atoms with van der Waals surface area (Å²) in [5.74, 6) is 0.369. The lowest BCUT2D eigenvalue weighted by Crippen LogP contribution is -2.06. The van der Waals surface area contributed by atoms with Gasteiger partial charge in [0.1, 0.15) is 5.78 Å². The molecule has 0 aliphatic rings. The molecule has 24 heavy (non-hydrogen) atoms. The molecule has 2 aromatic carbocycles. The largest absolute Gasteiger partial charge is 0.300 e. The zero-order valence-electron chi connectivity index (χ0n) is 16.0. The minimum atomic E-state index is 0.369. The standard InChI is InChI=1S/C23H30O/c1-15-11-17(3)22(18(4)12-15)9-7-21(24)8-10-23-19(5)13-16(2)14-20(23)6/h11-14H,7-10H2,1-6H3. The number of Topliss-reactive ketones (excluding diaryl/α,β-unsaturated/α-hetero) is 1. The number of carbonyl (C=O) groups excluding carboxylic acids is 1. The maximum Gasteiger partial charge on any atom is 0.133 e. The molecule has 0 radical (unpaired) electrons. The van der Waals surface area contributed by atoms with Crippen molar-refractivity contribution in [1.82, 2.24) is 0 Å². The monoisotopic (exact) mass is 322 g/mol. The van der Waals surface area contributed by atoms with E-state index < -0.39 is 0 Å². The molecule has 0 spiro atoms. The van der Waals surface area contributed by atoms with Crippen LogP contribution in [0.1, 0.15) is 57.3 Å². The van der Waals surface area contributed by atoms with Gasteiger partial charge in [0.15, 0.2) is 0 Å². The third-order valence-corrected chi connectivity index (χ3v) is 4.99. The number of hydrogen-bond donors (Lipinski definition) is 0. The molecule has 0 N–H and O–H groups in total. The van der Waals surface area contributed by atoms with Crippen molar-refractivity contribution in [2.24, 2.45) is 0 Å². The second kappa shape index (κ2) is 7.79. The molecule has 0 aliphatic heterocycles. The van der Waals surface area contributed by atoms with Gasteiger partial charge < -0.3 is 0 Å². The highest BCUT2D eigenvalue weighted by molar-refractivity contribution is 5.79. The van der Waals surface area contributed by atoms with Crippen LogP contribution in [0.2, 0.25) is 0 Å². The first-order valence-corrected chi connectivity index (χ1v) is 8.93. The minimum absolute atomic E-state index is 0.369. The van der Waals surface area contributed by atoms with Crippen LogP contribution in [-0.4, -0.2) is 5.78 Å². The second-order valence-corrected chi connectivity index (χ2v) is 7.29. The smallest absolute Gasteiger partial charge is 0.133 e. The third-order valence-electron chi connectivity index (χ3n) is 4.99. The van der Waals surface area contributed by atoms with Crippen LogP contribution in [0.25, 0.3) is 0 Å². The Bertz CT molecular complexity index is 643. The number of hydrogen-bond acceptors (Lipinski definition) is 1. The molecule has 0 saturated carbocycles. The first-order valence-electron chi connectivity index (χ1n) is 8.93. The van der Waals surface area contributed by atoms with Gasteiger partial charge in [-0.3, -0.25) is 4.79 Å². The van der Waals surface area contributed by atoms with E-state index in [1.165, 1.54) is 44.5 Å². The molecular weight excluding hydrogens is 292 g/mol. The van der Waals surface area contributed by atoms with Gasteiger partial charge in [-0.25, -0.2) is 0 Å². The highest BCUT2D eigenvalue weighted by Crippen LogP contribution is 2.20. The molecule has 0 aromatic heterocycles. The van der Waals surface area contributed by atoms with Crippen LogP contribution in [0.3, 0.4) is 0 Å². The highest BCUT2D eigenvalue weighted by atomic mass is 16.1. The fraction of sp³-hybridized carbons (Fsp3) is 0.435. The summed E-state index contributed by atoms with van der Waals surface area (Å²) in [5, 5.41) is 0. The van der Waals surface area contributed by atoms with E-state index in [-0.39, 0.29) is 0 Å². The van der Waals surface area contributed by atoms with Crippen molar-refractivity contribution in [3.63, 3.8) is 0 Å². The molecule has 0 saturated heterocycles. The molecule has 0 aliphatic carbocycles. The Kier molecular flexibility index (Phi) is 5.99. The van der Waals surface area contributed by atoms with E-state index in [1.54, 1.807) is 0 Å². The van der Waals surface area contributed by atoms with Crippen molar-refractivity contribution in [2.45, 2.75) is 67.2 Å². The van der Waals surface area contributed by atoms with E-state index in [9.17, 15) is 4.79 Å². The van der Waals surface area contributed by atoms with Crippen LogP contribution in [0, 0.1) is 41.5 Å².